The molecule has 1 aromatic rings. The summed E-state index contributed by atoms with van der Waals surface area (Å²) >= 11 is 0. The molecule has 0 saturated heterocycles. The summed E-state index contributed by atoms with van der Waals surface area (Å²) in [6.45, 7) is 5.66. The highest BCUT2D eigenvalue weighted by Gasteiger charge is 2.14. The lowest BCUT2D eigenvalue weighted by Gasteiger charge is -2.19. The van der Waals surface area contributed by atoms with Crippen LogP contribution in [0.2, 0.25) is 0 Å². The molecule has 0 unspecified atom stereocenters. The number of hydrogen-bond acceptors (Lipinski definition) is 3. The summed E-state index contributed by atoms with van der Waals surface area (Å²) in [5.41, 5.74) is 0.0815. The Morgan fingerprint density at radius 2 is 2.10 bits per heavy atom. The van der Waals surface area contributed by atoms with Crippen molar-refractivity contribution in [3.8, 4) is 5.75 Å². The van der Waals surface area contributed by atoms with Gasteiger partial charge in [0, 0.05) is 12.1 Å². The van der Waals surface area contributed by atoms with E-state index < -0.39 is 11.7 Å². The Balaban J connectivity index is 2.53. The molecule has 1 amide bonds. The van der Waals surface area contributed by atoms with Crippen LogP contribution in [-0.2, 0) is 4.74 Å². The lowest BCUT2D eigenvalue weighted by atomic mass is 10.2. The van der Waals surface area contributed by atoms with Crippen molar-refractivity contribution in [2.24, 2.45) is 0 Å². The van der Waals surface area contributed by atoms with Crippen molar-refractivity contribution in [3.05, 3.63) is 35.7 Å². The maximum atomic E-state index is 13.1. The van der Waals surface area contributed by atoms with E-state index in [1.807, 2.05) is 0 Å². The van der Waals surface area contributed by atoms with Gasteiger partial charge in [-0.15, -0.1) is 0 Å². The summed E-state index contributed by atoms with van der Waals surface area (Å²) in [4.78, 5) is 11.4. The van der Waals surface area contributed by atoms with Gasteiger partial charge in [0.1, 0.15) is 17.2 Å². The quantitative estimate of drug-likeness (QED) is 0.920. The number of amides is 1. The molecule has 0 bridgehead atoms. The van der Waals surface area contributed by atoms with Crippen molar-refractivity contribution in [2.75, 3.05) is 13.7 Å². The maximum absolute atomic E-state index is 13.1. The van der Waals surface area contributed by atoms with E-state index in [1.54, 1.807) is 39.0 Å². The van der Waals surface area contributed by atoms with Gasteiger partial charge in [0.2, 0.25) is 0 Å². The number of halogens is 1. The number of benzene rings is 1. The van der Waals surface area contributed by atoms with Crippen molar-refractivity contribution >= 4 is 12.2 Å². The first-order valence-electron chi connectivity index (χ1n) is 6.29. The molecule has 5 heteroatoms. The SMILES string of the molecule is COc1ccc(F)cc1C=CCNC(=O)OC(C)(C)C. The van der Waals surface area contributed by atoms with Crippen LogP contribution >= 0.6 is 0 Å². The Morgan fingerprint density at radius 3 is 2.70 bits per heavy atom. The van der Waals surface area contributed by atoms with Crippen molar-refractivity contribution < 1.29 is 18.7 Å². The van der Waals surface area contributed by atoms with Gasteiger partial charge in [-0.05, 0) is 39.0 Å². The third-order valence-electron chi connectivity index (χ3n) is 2.25. The van der Waals surface area contributed by atoms with Crippen LogP contribution in [0.3, 0.4) is 0 Å². The first-order valence-corrected chi connectivity index (χ1v) is 6.29. The Kier molecular flexibility index (Phi) is 5.55. The minimum Gasteiger partial charge on any atom is -0.496 e. The van der Waals surface area contributed by atoms with Crippen molar-refractivity contribution in [1.29, 1.82) is 0 Å². The van der Waals surface area contributed by atoms with Crippen LogP contribution in [0.15, 0.2) is 24.3 Å². The van der Waals surface area contributed by atoms with Gasteiger partial charge in [-0.25, -0.2) is 9.18 Å². The fourth-order valence-electron chi connectivity index (χ4n) is 1.48. The molecule has 4 nitrogen and oxygen atoms in total. The third-order valence-corrected chi connectivity index (χ3v) is 2.25. The van der Waals surface area contributed by atoms with E-state index in [0.717, 1.165) is 0 Å². The van der Waals surface area contributed by atoms with Gasteiger partial charge < -0.3 is 14.8 Å². The monoisotopic (exact) mass is 281 g/mol. The van der Waals surface area contributed by atoms with E-state index in [1.165, 1.54) is 19.2 Å². The largest absolute Gasteiger partial charge is 0.496 e. The molecule has 110 valence electrons. The van der Waals surface area contributed by atoms with Crippen molar-refractivity contribution in [2.45, 2.75) is 26.4 Å². The molecule has 0 aliphatic heterocycles. The summed E-state index contributed by atoms with van der Waals surface area (Å²) in [6, 6.07) is 4.24. The smallest absolute Gasteiger partial charge is 0.407 e. The molecule has 0 saturated carbocycles. The highest BCUT2D eigenvalue weighted by atomic mass is 19.1. The molecular formula is C15H20FNO3. The average Bonchev–Trinajstić information content (AvgIpc) is 2.33. The highest BCUT2D eigenvalue weighted by molar-refractivity contribution is 5.68. The molecule has 1 aromatic carbocycles. The molecule has 0 aliphatic carbocycles. The van der Waals surface area contributed by atoms with Gasteiger partial charge in [0.15, 0.2) is 0 Å². The molecule has 0 aromatic heterocycles. The number of hydrogen-bond donors (Lipinski definition) is 1. The van der Waals surface area contributed by atoms with Gasteiger partial charge in [-0.1, -0.05) is 12.2 Å². The highest BCUT2D eigenvalue weighted by Crippen LogP contribution is 2.20. The standard InChI is InChI=1S/C15H20FNO3/c1-15(2,3)20-14(18)17-9-5-6-11-10-12(16)7-8-13(11)19-4/h5-8,10H,9H2,1-4H3,(H,17,18). The van der Waals surface area contributed by atoms with E-state index in [2.05, 4.69) is 5.32 Å². The van der Waals surface area contributed by atoms with E-state index in [0.29, 0.717) is 11.3 Å². The maximum Gasteiger partial charge on any atom is 0.407 e. The van der Waals surface area contributed by atoms with Crippen LogP contribution in [-0.4, -0.2) is 25.3 Å². The number of alkyl carbamates (subject to hydrolysis) is 1. The Labute approximate surface area is 118 Å². The minimum absolute atomic E-state index is 0.286. The van der Waals surface area contributed by atoms with Crippen molar-refractivity contribution in [3.63, 3.8) is 0 Å². The predicted octanol–water partition coefficient (Wildman–Crippen LogP) is 3.37. The van der Waals surface area contributed by atoms with Crippen LogP contribution in [0, 0.1) is 5.82 Å². The number of nitrogens with one attached hydrogen (secondary N) is 1. The summed E-state index contributed by atoms with van der Waals surface area (Å²) < 4.78 is 23.3. The first kappa shape index (κ1) is 16.0. The normalized spacial score (nSPS) is 11.4. The van der Waals surface area contributed by atoms with Gasteiger partial charge in [-0.3, -0.25) is 0 Å². The third kappa shape index (κ3) is 5.73. The van der Waals surface area contributed by atoms with Crippen LogP contribution < -0.4 is 10.1 Å². The summed E-state index contributed by atoms with van der Waals surface area (Å²) in [6.07, 6.45) is 2.88. The lowest BCUT2D eigenvalue weighted by Crippen LogP contribution is -2.32. The Bertz CT molecular complexity index is 492. The second-order valence-electron chi connectivity index (χ2n) is 5.17. The number of methoxy groups -OCH3 is 1. The number of carbonyl (C=O) groups excluding carboxylic acids is 1. The topological polar surface area (TPSA) is 47.6 Å². The van der Waals surface area contributed by atoms with Gasteiger partial charge in [-0.2, -0.15) is 0 Å². The zero-order valence-electron chi connectivity index (χ0n) is 12.2. The second kappa shape index (κ2) is 6.93. The van der Waals surface area contributed by atoms with Gasteiger partial charge in [0.25, 0.3) is 0 Å². The molecule has 0 fully saturated rings. The number of carbonyl (C=O) groups is 1. The summed E-state index contributed by atoms with van der Waals surface area (Å²) in [5, 5.41) is 2.58. The van der Waals surface area contributed by atoms with E-state index in [9.17, 15) is 9.18 Å². The molecular weight excluding hydrogens is 261 g/mol. The second-order valence-corrected chi connectivity index (χ2v) is 5.17. The van der Waals surface area contributed by atoms with Crippen LogP contribution in [0.25, 0.3) is 6.08 Å². The summed E-state index contributed by atoms with van der Waals surface area (Å²) in [7, 11) is 1.52. The van der Waals surface area contributed by atoms with E-state index >= 15 is 0 Å². The fourth-order valence-corrected chi connectivity index (χ4v) is 1.48. The van der Waals surface area contributed by atoms with Gasteiger partial charge >= 0.3 is 6.09 Å². The zero-order chi connectivity index (χ0) is 15.2. The predicted molar refractivity (Wildman–Crippen MR) is 76.2 cm³/mol. The Morgan fingerprint density at radius 1 is 1.40 bits per heavy atom. The lowest BCUT2D eigenvalue weighted by molar-refractivity contribution is 0.0534. The van der Waals surface area contributed by atoms with Crippen LogP contribution in [0.1, 0.15) is 26.3 Å². The molecule has 0 heterocycles. The van der Waals surface area contributed by atoms with E-state index in [4.69, 9.17) is 9.47 Å². The minimum atomic E-state index is -0.528. The molecule has 0 atom stereocenters. The molecule has 1 N–H and O–H groups in total. The molecule has 20 heavy (non-hydrogen) atoms. The Hall–Kier alpha value is -2.04. The summed E-state index contributed by atoms with van der Waals surface area (Å²) in [5.74, 6) is 0.227. The van der Waals surface area contributed by atoms with Crippen LogP contribution in [0.4, 0.5) is 9.18 Å². The zero-order valence-corrected chi connectivity index (χ0v) is 12.2. The van der Waals surface area contributed by atoms with Crippen LogP contribution in [0.5, 0.6) is 5.75 Å². The average molecular weight is 281 g/mol. The van der Waals surface area contributed by atoms with Crippen molar-refractivity contribution in [1.82, 2.24) is 5.32 Å². The molecule has 0 spiro atoms. The number of rotatable bonds is 4. The number of ether oxygens (including phenoxy) is 2. The van der Waals surface area contributed by atoms with Gasteiger partial charge in [0.05, 0.1) is 7.11 Å². The first-order chi connectivity index (χ1) is 9.31. The fraction of sp³-hybridized carbons (Fsp3) is 0.400. The molecule has 1 rings (SSSR count). The van der Waals surface area contributed by atoms with E-state index in [-0.39, 0.29) is 12.4 Å². The molecule has 0 aliphatic rings. The molecule has 0 radical (unpaired) electrons.